The Balaban J connectivity index is 1.49. The highest BCUT2D eigenvalue weighted by Gasteiger charge is 2.30. The van der Waals surface area contributed by atoms with Crippen LogP contribution >= 0.6 is 0 Å². The van der Waals surface area contributed by atoms with Crippen LogP contribution in [-0.2, 0) is 14.3 Å². The Bertz CT molecular complexity index is 943. The molecule has 0 aromatic heterocycles. The zero-order valence-corrected chi connectivity index (χ0v) is 17.3. The number of nitrogens with zero attached hydrogens (tertiary/aromatic N) is 1. The number of hydrogen-bond acceptors (Lipinski definition) is 5. The zero-order valence-electron chi connectivity index (χ0n) is 17.3. The summed E-state index contributed by atoms with van der Waals surface area (Å²) in [4.78, 5) is 49.9. The van der Waals surface area contributed by atoms with E-state index >= 15 is 0 Å². The van der Waals surface area contributed by atoms with Gasteiger partial charge in [-0.25, -0.2) is 4.79 Å². The molecule has 1 unspecified atom stereocenters. The third kappa shape index (κ3) is 6.40. The summed E-state index contributed by atoms with van der Waals surface area (Å²) in [6.07, 6.45) is 1.29. The van der Waals surface area contributed by atoms with E-state index in [4.69, 9.17) is 4.74 Å². The lowest BCUT2D eigenvalue weighted by atomic mass is 9.98. The van der Waals surface area contributed by atoms with Crippen molar-refractivity contribution in [2.75, 3.05) is 30.3 Å². The Labute approximate surface area is 180 Å². The number of amides is 3. The highest BCUT2D eigenvalue weighted by molar-refractivity contribution is 5.99. The zero-order chi connectivity index (χ0) is 22.2. The second-order valence-electron chi connectivity index (χ2n) is 7.37. The number of rotatable bonds is 6. The number of nitrogens with one attached hydrogen (secondary N) is 2. The van der Waals surface area contributed by atoms with Gasteiger partial charge in [0.1, 0.15) is 0 Å². The Morgan fingerprint density at radius 2 is 1.65 bits per heavy atom. The molecule has 8 nitrogen and oxygen atoms in total. The monoisotopic (exact) mass is 423 g/mol. The third-order valence-electron chi connectivity index (χ3n) is 4.94. The minimum atomic E-state index is -0.486. The average molecular weight is 423 g/mol. The van der Waals surface area contributed by atoms with Crippen molar-refractivity contribution in [2.24, 2.45) is 5.92 Å². The maximum absolute atomic E-state index is 12.5. The number of para-hydroxylation sites is 1. The number of piperidine rings is 1. The lowest BCUT2D eigenvalue weighted by Crippen LogP contribution is -2.44. The summed E-state index contributed by atoms with van der Waals surface area (Å²) in [7, 11) is 0. The molecule has 0 bridgehead atoms. The highest BCUT2D eigenvalue weighted by Crippen LogP contribution is 2.19. The number of ketones is 1. The van der Waals surface area contributed by atoms with Gasteiger partial charge >= 0.3 is 12.0 Å². The number of Topliss-reactive ketones (excluding diaryl/α,β-unsaturated/α-hetero) is 1. The molecular weight excluding hydrogens is 398 g/mol. The predicted octanol–water partition coefficient (Wildman–Crippen LogP) is 3.32. The molecule has 1 fully saturated rings. The van der Waals surface area contributed by atoms with Gasteiger partial charge in [-0.05, 0) is 49.2 Å². The van der Waals surface area contributed by atoms with Crippen molar-refractivity contribution in [3.8, 4) is 0 Å². The topological polar surface area (TPSA) is 105 Å². The molecule has 1 saturated heterocycles. The second-order valence-corrected chi connectivity index (χ2v) is 7.37. The number of urea groups is 1. The van der Waals surface area contributed by atoms with Crippen LogP contribution in [0.4, 0.5) is 16.2 Å². The molecule has 0 aliphatic carbocycles. The average Bonchev–Trinajstić information content (AvgIpc) is 2.78. The number of carbonyl (C=O) groups is 4. The maximum atomic E-state index is 12.5. The van der Waals surface area contributed by atoms with Crippen molar-refractivity contribution in [2.45, 2.75) is 19.8 Å². The van der Waals surface area contributed by atoms with E-state index in [1.54, 1.807) is 41.3 Å². The van der Waals surface area contributed by atoms with Crippen LogP contribution in [0, 0.1) is 5.92 Å². The lowest BCUT2D eigenvalue weighted by molar-refractivity contribution is -0.148. The number of hydrogen-bond donors (Lipinski definition) is 2. The first-order valence-electron chi connectivity index (χ1n) is 10.1. The number of benzene rings is 2. The van der Waals surface area contributed by atoms with Crippen molar-refractivity contribution in [1.82, 2.24) is 4.90 Å². The number of esters is 1. The molecule has 3 amide bonds. The van der Waals surface area contributed by atoms with E-state index in [0.717, 1.165) is 0 Å². The van der Waals surface area contributed by atoms with Gasteiger partial charge in [0.05, 0.1) is 5.92 Å². The predicted molar refractivity (Wildman–Crippen MR) is 116 cm³/mol. The Hall–Kier alpha value is -3.68. The fraction of sp³-hybridized carbons (Fsp3) is 0.304. The molecule has 2 aromatic rings. The van der Waals surface area contributed by atoms with E-state index in [1.165, 1.54) is 6.92 Å². The van der Waals surface area contributed by atoms with Gasteiger partial charge in [-0.3, -0.25) is 14.4 Å². The number of ether oxygens (including phenoxy) is 1. The minimum absolute atomic E-state index is 0.202. The molecule has 0 saturated carbocycles. The maximum Gasteiger partial charge on any atom is 0.321 e. The number of anilines is 2. The summed E-state index contributed by atoms with van der Waals surface area (Å²) in [5, 5.41) is 5.43. The van der Waals surface area contributed by atoms with Gasteiger partial charge in [-0.1, -0.05) is 18.2 Å². The standard InChI is InChI=1S/C23H25N3O5/c1-16(27)24-20-11-9-17(10-12-20)21(28)15-31-22(29)18-6-5-13-26(14-18)23(30)25-19-7-3-2-4-8-19/h2-4,7-12,18H,5-6,13-15H2,1H3,(H,24,27)(H,25,30). The molecule has 3 rings (SSSR count). The van der Waals surface area contributed by atoms with E-state index in [-0.39, 0.29) is 30.9 Å². The second kappa shape index (κ2) is 10.4. The van der Waals surface area contributed by atoms with Crippen molar-refractivity contribution in [3.05, 3.63) is 60.2 Å². The SMILES string of the molecule is CC(=O)Nc1ccc(C(=O)COC(=O)C2CCCN(C(=O)Nc3ccccc3)C2)cc1. The van der Waals surface area contributed by atoms with Crippen LogP contribution < -0.4 is 10.6 Å². The van der Waals surface area contributed by atoms with Crippen LogP contribution in [0.5, 0.6) is 0 Å². The van der Waals surface area contributed by atoms with Crippen LogP contribution in [0.1, 0.15) is 30.1 Å². The summed E-state index contributed by atoms with van der Waals surface area (Å²) in [6, 6.07) is 15.2. The molecule has 0 radical (unpaired) electrons. The van der Waals surface area contributed by atoms with Crippen LogP contribution in [0.2, 0.25) is 0 Å². The molecule has 162 valence electrons. The van der Waals surface area contributed by atoms with E-state index in [0.29, 0.717) is 36.3 Å². The van der Waals surface area contributed by atoms with Crippen LogP contribution in [-0.4, -0.2) is 48.3 Å². The molecule has 31 heavy (non-hydrogen) atoms. The first-order valence-corrected chi connectivity index (χ1v) is 10.1. The highest BCUT2D eigenvalue weighted by atomic mass is 16.5. The van der Waals surface area contributed by atoms with E-state index in [2.05, 4.69) is 10.6 Å². The Morgan fingerprint density at radius 3 is 2.32 bits per heavy atom. The summed E-state index contributed by atoms with van der Waals surface area (Å²) >= 11 is 0. The molecule has 0 spiro atoms. The smallest absolute Gasteiger partial charge is 0.321 e. The van der Waals surface area contributed by atoms with Gasteiger partial charge < -0.3 is 20.3 Å². The summed E-state index contributed by atoms with van der Waals surface area (Å²) < 4.78 is 5.22. The molecule has 1 atom stereocenters. The lowest BCUT2D eigenvalue weighted by Gasteiger charge is -2.31. The molecular formula is C23H25N3O5. The molecule has 1 aliphatic heterocycles. The van der Waals surface area contributed by atoms with Crippen LogP contribution in [0.15, 0.2) is 54.6 Å². The van der Waals surface area contributed by atoms with Crippen molar-refractivity contribution in [1.29, 1.82) is 0 Å². The summed E-state index contributed by atoms with van der Waals surface area (Å²) in [5.41, 5.74) is 1.65. The van der Waals surface area contributed by atoms with Gasteiger partial charge in [0.2, 0.25) is 5.91 Å². The Morgan fingerprint density at radius 1 is 0.968 bits per heavy atom. The van der Waals surface area contributed by atoms with Gasteiger partial charge in [0.15, 0.2) is 12.4 Å². The molecule has 2 N–H and O–H groups in total. The van der Waals surface area contributed by atoms with Crippen molar-refractivity contribution < 1.29 is 23.9 Å². The Kier molecular flexibility index (Phi) is 7.37. The van der Waals surface area contributed by atoms with Crippen LogP contribution in [0.3, 0.4) is 0 Å². The van der Waals surface area contributed by atoms with Gasteiger partial charge in [0, 0.05) is 37.0 Å². The minimum Gasteiger partial charge on any atom is -0.457 e. The van der Waals surface area contributed by atoms with Gasteiger partial charge in [-0.2, -0.15) is 0 Å². The van der Waals surface area contributed by atoms with E-state index in [9.17, 15) is 19.2 Å². The summed E-state index contributed by atoms with van der Waals surface area (Å²) in [6.45, 7) is 1.83. The van der Waals surface area contributed by atoms with Crippen molar-refractivity contribution in [3.63, 3.8) is 0 Å². The molecule has 8 heteroatoms. The largest absolute Gasteiger partial charge is 0.457 e. The first kappa shape index (κ1) is 22.0. The normalized spacial score (nSPS) is 15.6. The number of carbonyl (C=O) groups excluding carboxylic acids is 4. The van der Waals surface area contributed by atoms with Gasteiger partial charge in [0.25, 0.3) is 0 Å². The molecule has 1 aliphatic rings. The molecule has 2 aromatic carbocycles. The van der Waals surface area contributed by atoms with Gasteiger partial charge in [-0.15, -0.1) is 0 Å². The van der Waals surface area contributed by atoms with E-state index < -0.39 is 11.9 Å². The quantitative estimate of drug-likeness (QED) is 0.548. The fourth-order valence-corrected chi connectivity index (χ4v) is 3.36. The first-order chi connectivity index (χ1) is 14.9. The number of likely N-dealkylation sites (tertiary alicyclic amines) is 1. The summed E-state index contributed by atoms with van der Waals surface area (Å²) in [5.74, 6) is -1.49. The van der Waals surface area contributed by atoms with Crippen LogP contribution in [0.25, 0.3) is 0 Å². The third-order valence-corrected chi connectivity index (χ3v) is 4.94. The van der Waals surface area contributed by atoms with Crippen molar-refractivity contribution >= 4 is 35.1 Å². The van der Waals surface area contributed by atoms with E-state index in [1.807, 2.05) is 18.2 Å². The fourth-order valence-electron chi connectivity index (χ4n) is 3.36. The molecule has 1 heterocycles.